The molecule has 0 radical (unpaired) electrons. The van der Waals surface area contributed by atoms with Crippen LogP contribution in [0.5, 0.6) is 0 Å². The zero-order valence-electron chi connectivity index (χ0n) is 10.9. The molecule has 0 aliphatic rings. The fraction of sp³-hybridized carbons (Fsp3) is 0.750. The van der Waals surface area contributed by atoms with Crippen molar-refractivity contribution in [1.82, 2.24) is 0 Å². The molecule has 3 nitrogen and oxygen atoms in total. The Morgan fingerprint density at radius 2 is 1.55 bits per heavy atom. The SMILES string of the molecule is CCP(C)(P)(C#CP(F)F)CC.O=S(=O)(O)C(F)(F)F. The predicted molar refractivity (Wildman–Crippen MR) is 78.2 cm³/mol. The number of hydrogen-bond acceptors (Lipinski definition) is 2. The van der Waals surface area contributed by atoms with E-state index in [1.54, 1.807) is 0 Å². The number of rotatable bonds is 2. The van der Waals surface area contributed by atoms with Gasteiger partial charge in [0.2, 0.25) is 0 Å². The van der Waals surface area contributed by atoms with Gasteiger partial charge in [0, 0.05) is 0 Å². The largest absolute Gasteiger partial charge is 0.522 e. The average molecular weight is 380 g/mol. The van der Waals surface area contributed by atoms with Gasteiger partial charge in [-0.1, -0.05) is 0 Å². The van der Waals surface area contributed by atoms with Crippen molar-refractivity contribution in [2.24, 2.45) is 0 Å². The molecule has 1 N–H and O–H groups in total. The summed E-state index contributed by atoms with van der Waals surface area (Å²) >= 11 is 0. The molecule has 12 heteroatoms. The molecule has 0 aliphatic carbocycles. The fourth-order valence-corrected chi connectivity index (χ4v) is 3.35. The van der Waals surface area contributed by atoms with Gasteiger partial charge in [0.05, 0.1) is 0 Å². The fourth-order valence-electron chi connectivity index (χ4n) is 0.569. The standard InChI is InChI=1S/C7H15F2P3.CHF3O3S/c1-4-12(3,10,5-2)7-6-11(8)9;2-1(3,4)8(5,6)7/h4-5,10H2,1-3H3;(H,5,6,7). The van der Waals surface area contributed by atoms with Crippen molar-refractivity contribution in [3.05, 3.63) is 0 Å². The summed E-state index contributed by atoms with van der Waals surface area (Å²) in [6.07, 6.45) is -0.347. The van der Waals surface area contributed by atoms with Gasteiger partial charge in [0.15, 0.2) is 0 Å². The topological polar surface area (TPSA) is 54.4 Å². The minimum atomic E-state index is -5.84. The van der Waals surface area contributed by atoms with Gasteiger partial charge in [0.25, 0.3) is 0 Å². The Hall–Kier alpha value is 0.410. The molecule has 122 valence electrons. The summed E-state index contributed by atoms with van der Waals surface area (Å²) in [5.74, 6) is 0. The number of alkyl halides is 3. The third-order valence-corrected chi connectivity index (χ3v) is 10.4. The number of halogens is 5. The minimum Gasteiger partial charge on any atom is -0.279 e. The molecule has 0 heterocycles. The molecule has 0 spiro atoms. The molecule has 0 amide bonds. The Bertz CT molecular complexity index is 470. The molecule has 0 aromatic rings. The van der Waals surface area contributed by atoms with Gasteiger partial charge >= 0.3 is 91.9 Å². The van der Waals surface area contributed by atoms with Crippen LogP contribution < -0.4 is 0 Å². The van der Waals surface area contributed by atoms with Crippen LogP contribution in [-0.2, 0) is 10.1 Å². The molecule has 0 fully saturated rings. The summed E-state index contributed by atoms with van der Waals surface area (Å²) in [5, 5.41) is 0. The summed E-state index contributed by atoms with van der Waals surface area (Å²) in [7, 11) is -6.16. The van der Waals surface area contributed by atoms with E-state index in [9.17, 15) is 21.6 Å². The molecule has 0 saturated carbocycles. The van der Waals surface area contributed by atoms with E-state index >= 15 is 0 Å². The van der Waals surface area contributed by atoms with Crippen LogP contribution in [0.25, 0.3) is 0 Å². The molecule has 20 heavy (non-hydrogen) atoms. The van der Waals surface area contributed by atoms with Gasteiger partial charge < -0.3 is 0 Å². The summed E-state index contributed by atoms with van der Waals surface area (Å²) in [5.41, 5.74) is -0.694. The van der Waals surface area contributed by atoms with Crippen molar-refractivity contribution < 1.29 is 34.5 Å². The monoisotopic (exact) mass is 380 g/mol. The Labute approximate surface area is 118 Å². The second-order valence-electron chi connectivity index (χ2n) is 4.16. The van der Waals surface area contributed by atoms with E-state index in [0.29, 0.717) is 0 Å². The van der Waals surface area contributed by atoms with Crippen molar-refractivity contribution in [2.75, 3.05) is 19.0 Å². The first-order chi connectivity index (χ1) is 8.57. The maximum absolute atomic E-state index is 11.9. The van der Waals surface area contributed by atoms with Crippen LogP contribution >= 0.6 is 23.8 Å². The van der Waals surface area contributed by atoms with E-state index in [0.717, 1.165) is 12.3 Å². The van der Waals surface area contributed by atoms with E-state index in [1.807, 2.05) is 26.2 Å². The Morgan fingerprint density at radius 1 is 1.25 bits per heavy atom. The molecular weight excluding hydrogens is 364 g/mol. The van der Waals surface area contributed by atoms with Crippen molar-refractivity contribution >= 4 is 33.9 Å². The zero-order chi connectivity index (χ0) is 16.9. The first-order valence-electron chi connectivity index (χ1n) is 5.07. The predicted octanol–water partition coefficient (Wildman–Crippen LogP) is 4.56. The maximum Gasteiger partial charge on any atom is 0.522 e. The first-order valence-corrected chi connectivity index (χ1v) is 12.3. The van der Waals surface area contributed by atoms with E-state index in [-0.39, 0.29) is 0 Å². The van der Waals surface area contributed by atoms with Crippen molar-refractivity contribution in [2.45, 2.75) is 19.4 Å². The smallest absolute Gasteiger partial charge is 0.279 e. The molecule has 0 aromatic carbocycles. The quantitative estimate of drug-likeness (QED) is 0.251. The summed E-state index contributed by atoms with van der Waals surface area (Å²) in [6.45, 7) is 6.06. The normalized spacial score (nSPS) is 14.4. The van der Waals surface area contributed by atoms with Crippen LogP contribution in [-0.4, -0.2) is 37.5 Å². The molecule has 1 unspecified atom stereocenters. The number of hydrogen-bond donors (Lipinski definition) is 1. The summed E-state index contributed by atoms with van der Waals surface area (Å²) < 4.78 is 81.4. The molecule has 0 saturated heterocycles. The molecular formula is C8H16F5O3P3S. The van der Waals surface area contributed by atoms with Gasteiger partial charge in [-0.3, -0.25) is 4.55 Å². The van der Waals surface area contributed by atoms with Gasteiger partial charge in [-0.2, -0.15) is 21.6 Å². The third-order valence-electron chi connectivity index (χ3n) is 2.52. The van der Waals surface area contributed by atoms with Crippen LogP contribution in [0.15, 0.2) is 0 Å². The van der Waals surface area contributed by atoms with Gasteiger partial charge in [-0.15, -0.1) is 0 Å². The van der Waals surface area contributed by atoms with E-state index in [1.165, 1.54) is 0 Å². The summed E-state index contributed by atoms with van der Waals surface area (Å²) in [4.78, 5) is 0. The third kappa shape index (κ3) is 9.37. The van der Waals surface area contributed by atoms with E-state index in [4.69, 9.17) is 13.0 Å². The average Bonchev–Trinajstić information content (AvgIpc) is 2.26. The zero-order valence-corrected chi connectivity index (χ0v) is 14.7. The molecule has 0 bridgehead atoms. The van der Waals surface area contributed by atoms with Crippen LogP contribution in [0.3, 0.4) is 0 Å². The van der Waals surface area contributed by atoms with Crippen molar-refractivity contribution in [3.8, 4) is 11.3 Å². The van der Waals surface area contributed by atoms with E-state index < -0.39 is 30.5 Å². The van der Waals surface area contributed by atoms with Crippen LogP contribution in [0, 0.1) is 11.3 Å². The van der Waals surface area contributed by atoms with Crippen LogP contribution in [0.1, 0.15) is 13.8 Å². The molecule has 1 atom stereocenters. The van der Waals surface area contributed by atoms with Crippen LogP contribution in [0.4, 0.5) is 21.6 Å². The minimum absolute atomic E-state index is 0.892. The van der Waals surface area contributed by atoms with Gasteiger partial charge in [-0.25, -0.2) is 0 Å². The molecule has 0 aromatic heterocycles. The second-order valence-corrected chi connectivity index (χ2v) is 16.6. The van der Waals surface area contributed by atoms with Gasteiger partial charge in [0.1, 0.15) is 0 Å². The molecule has 0 rings (SSSR count). The first kappa shape index (κ1) is 22.7. The van der Waals surface area contributed by atoms with Crippen molar-refractivity contribution in [3.63, 3.8) is 0 Å². The summed E-state index contributed by atoms with van der Waals surface area (Å²) in [6, 6.07) is 0. The van der Waals surface area contributed by atoms with E-state index in [2.05, 4.69) is 14.6 Å². The van der Waals surface area contributed by atoms with Gasteiger partial charge in [-0.05, 0) is 0 Å². The second kappa shape index (κ2) is 7.61. The van der Waals surface area contributed by atoms with Crippen LogP contribution in [0.2, 0.25) is 0 Å². The molecule has 0 aliphatic heterocycles. The maximum atomic E-state index is 11.9. The Balaban J connectivity index is 0. The Morgan fingerprint density at radius 3 is 1.70 bits per heavy atom. The van der Waals surface area contributed by atoms with Crippen molar-refractivity contribution in [1.29, 1.82) is 0 Å². The Kier molecular flexibility index (Phi) is 8.63.